The molecule has 0 amide bonds. The molecule has 23 heavy (non-hydrogen) atoms. The molecule has 1 aliphatic heterocycles. The normalized spacial score (nSPS) is 24.3. The van der Waals surface area contributed by atoms with Crippen molar-refractivity contribution >= 4 is 23.1 Å². The van der Waals surface area contributed by atoms with E-state index < -0.39 is 0 Å². The predicted octanol–water partition coefficient (Wildman–Crippen LogP) is 1.32. The first kappa shape index (κ1) is 12.6. The number of benzene rings is 1. The van der Waals surface area contributed by atoms with Gasteiger partial charge in [0.1, 0.15) is 5.52 Å². The molecule has 114 valence electrons. The highest BCUT2D eigenvalue weighted by Crippen LogP contribution is 2.51. The van der Waals surface area contributed by atoms with Crippen LogP contribution < -0.4 is 15.9 Å². The van der Waals surface area contributed by atoms with Crippen LogP contribution in [-0.2, 0) is 5.41 Å². The third-order valence-electron chi connectivity index (χ3n) is 5.13. The number of aromatic nitrogens is 3. The minimum Gasteiger partial charge on any atom is -0.594 e. The largest absolute Gasteiger partial charge is 0.594 e. The Bertz CT molecular complexity index is 959. The minimum absolute atomic E-state index is 0.00149. The number of nitrogen functional groups attached to an aromatic ring is 1. The van der Waals surface area contributed by atoms with Gasteiger partial charge in [-0.15, -0.1) is 0 Å². The Hall–Kier alpha value is -2.89. The average Bonchev–Trinajstić information content (AvgIpc) is 2.54. The smallest absolute Gasteiger partial charge is 0.288 e. The summed E-state index contributed by atoms with van der Waals surface area (Å²) in [4.78, 5) is 4.82. The number of anilines is 1. The van der Waals surface area contributed by atoms with Gasteiger partial charge in [-0.05, 0) is 46.5 Å². The number of piperidine rings is 1. The summed E-state index contributed by atoms with van der Waals surface area (Å²) < 4.78 is 0. The predicted molar refractivity (Wildman–Crippen MR) is 87.0 cm³/mol. The first-order valence-electron chi connectivity index (χ1n) is 7.72. The Morgan fingerprint density at radius 2 is 2.26 bits per heavy atom. The molecule has 2 aliphatic carbocycles. The second-order valence-corrected chi connectivity index (χ2v) is 6.30. The van der Waals surface area contributed by atoms with E-state index in [0.717, 1.165) is 30.6 Å². The van der Waals surface area contributed by atoms with E-state index in [0.29, 0.717) is 15.9 Å². The Kier molecular flexibility index (Phi) is 2.25. The maximum absolute atomic E-state index is 12.0. The molecule has 1 atom stereocenters. The summed E-state index contributed by atoms with van der Waals surface area (Å²) in [6.45, 7) is 0.946. The number of nitrogens with one attached hydrogen (secondary N) is 1. The molecule has 1 saturated heterocycles. The molecule has 6 heteroatoms. The van der Waals surface area contributed by atoms with Crippen molar-refractivity contribution in [1.29, 1.82) is 0 Å². The molecule has 0 radical (unpaired) electrons. The minimum atomic E-state index is -0.0268. The number of hydrogen-bond donors (Lipinski definition) is 2. The van der Waals surface area contributed by atoms with Crippen LogP contribution in [0.15, 0.2) is 41.6 Å². The summed E-state index contributed by atoms with van der Waals surface area (Å²) in [6, 6.07) is 3.89. The molecular formula is C17H15N5O. The van der Waals surface area contributed by atoms with Crippen molar-refractivity contribution in [3.05, 3.63) is 58.0 Å². The van der Waals surface area contributed by atoms with Gasteiger partial charge in [-0.3, -0.25) is 0 Å². The van der Waals surface area contributed by atoms with Gasteiger partial charge in [0.25, 0.3) is 11.5 Å². The zero-order chi connectivity index (χ0) is 15.6. The van der Waals surface area contributed by atoms with Gasteiger partial charge in [-0.2, -0.15) is 0 Å². The fraction of sp³-hybridized carbons (Fsp3) is 0.235. The van der Waals surface area contributed by atoms with E-state index in [-0.39, 0.29) is 11.4 Å². The van der Waals surface area contributed by atoms with Gasteiger partial charge in [-0.1, -0.05) is 18.2 Å². The third-order valence-corrected chi connectivity index (χ3v) is 5.13. The molecule has 1 fully saturated rings. The Labute approximate surface area is 132 Å². The van der Waals surface area contributed by atoms with Crippen LogP contribution in [0.2, 0.25) is 0 Å². The average molecular weight is 305 g/mol. The van der Waals surface area contributed by atoms with Gasteiger partial charge in [0.15, 0.2) is 0 Å². The molecule has 3 aliphatic rings. The van der Waals surface area contributed by atoms with E-state index in [1.165, 1.54) is 11.1 Å². The highest BCUT2D eigenvalue weighted by atomic mass is 16.5. The summed E-state index contributed by atoms with van der Waals surface area (Å²) in [7, 11) is 0. The van der Waals surface area contributed by atoms with Gasteiger partial charge >= 0.3 is 0 Å². The summed E-state index contributed by atoms with van der Waals surface area (Å²) in [5.41, 5.74) is 11.4. The number of allylic oxidation sites excluding steroid dienone is 4. The molecule has 2 bridgehead atoms. The zero-order valence-corrected chi connectivity index (χ0v) is 12.4. The quantitative estimate of drug-likeness (QED) is 0.566. The second kappa shape index (κ2) is 4.10. The zero-order valence-electron chi connectivity index (χ0n) is 12.4. The van der Waals surface area contributed by atoms with Crippen molar-refractivity contribution in [3.63, 3.8) is 0 Å². The lowest BCUT2D eigenvalue weighted by Crippen LogP contribution is -2.44. The van der Waals surface area contributed by atoms with E-state index in [4.69, 9.17) is 5.73 Å². The molecule has 2 heterocycles. The Morgan fingerprint density at radius 3 is 3.17 bits per heavy atom. The van der Waals surface area contributed by atoms with Crippen molar-refractivity contribution in [2.75, 3.05) is 12.3 Å². The molecule has 2 aromatic rings. The molecule has 6 nitrogen and oxygen atoms in total. The Balaban J connectivity index is 1.88. The highest BCUT2D eigenvalue weighted by Gasteiger charge is 2.44. The lowest BCUT2D eigenvalue weighted by Gasteiger charge is -2.46. The molecule has 0 spiro atoms. The van der Waals surface area contributed by atoms with Crippen molar-refractivity contribution in [3.8, 4) is 0 Å². The van der Waals surface area contributed by atoms with E-state index in [2.05, 4.69) is 39.7 Å². The summed E-state index contributed by atoms with van der Waals surface area (Å²) in [5.74, 6) is 0.00149. The highest BCUT2D eigenvalue weighted by molar-refractivity contribution is 5.82. The van der Waals surface area contributed by atoms with Crippen molar-refractivity contribution in [2.24, 2.45) is 0 Å². The number of rotatable bonds is 0. The number of nitrogens with two attached hydrogens (primary N) is 1. The fourth-order valence-electron chi connectivity index (χ4n) is 4.13. The van der Waals surface area contributed by atoms with Crippen molar-refractivity contribution < 1.29 is 4.85 Å². The van der Waals surface area contributed by atoms with E-state index in [1.807, 2.05) is 12.1 Å². The first-order chi connectivity index (χ1) is 11.2. The van der Waals surface area contributed by atoms with Crippen LogP contribution in [-0.4, -0.2) is 16.6 Å². The van der Waals surface area contributed by atoms with Gasteiger partial charge in [0.05, 0.1) is 5.10 Å². The number of hydrogen-bond acceptors (Lipinski definition) is 5. The first-order valence-corrected chi connectivity index (χ1v) is 7.72. The maximum Gasteiger partial charge on any atom is 0.288 e. The van der Waals surface area contributed by atoms with Gasteiger partial charge in [-0.25, -0.2) is 4.98 Å². The van der Waals surface area contributed by atoms with Crippen LogP contribution in [0.5, 0.6) is 0 Å². The van der Waals surface area contributed by atoms with Crippen molar-refractivity contribution in [2.45, 2.75) is 18.3 Å². The van der Waals surface area contributed by atoms with E-state index in [9.17, 15) is 5.21 Å². The lowest BCUT2D eigenvalue weighted by molar-refractivity contribution is -0.641. The number of fused-ring (bicyclic) bond motifs is 2. The third kappa shape index (κ3) is 1.55. The van der Waals surface area contributed by atoms with Crippen LogP contribution in [0, 0.1) is 5.21 Å². The standard InChI is InChI=1S/C17H15N5O/c18-16-20-14-9-12-10(8-15(14)22(23)21-16)7-13-11-3-1-2-4-17(11,12)5-6-19-13/h1-3,7-9,19H,4-6H2,(H2,18,20,21). The molecule has 5 rings (SSSR count). The monoisotopic (exact) mass is 305 g/mol. The van der Waals surface area contributed by atoms with Gasteiger partial charge < -0.3 is 16.3 Å². The lowest BCUT2D eigenvalue weighted by atomic mass is 9.61. The topological polar surface area (TPSA) is 90.8 Å². The van der Waals surface area contributed by atoms with E-state index >= 15 is 0 Å². The molecular weight excluding hydrogens is 290 g/mol. The van der Waals surface area contributed by atoms with Crippen LogP contribution >= 0.6 is 0 Å². The fourth-order valence-corrected chi connectivity index (χ4v) is 4.13. The van der Waals surface area contributed by atoms with Crippen molar-refractivity contribution in [1.82, 2.24) is 15.4 Å². The SMILES string of the molecule is Nc1nc2cc3c(cc2[n+]([O-])n1)C=C1NCCC32CC=CC=C12. The number of nitrogens with zero attached hydrogens (tertiary/aromatic N) is 3. The summed E-state index contributed by atoms with van der Waals surface area (Å²) >= 11 is 0. The second-order valence-electron chi connectivity index (χ2n) is 6.30. The molecule has 1 aromatic carbocycles. The molecule has 1 aromatic heterocycles. The summed E-state index contributed by atoms with van der Waals surface area (Å²) in [5, 5.41) is 19.2. The van der Waals surface area contributed by atoms with Gasteiger partial charge in [0, 0.05) is 23.7 Å². The Morgan fingerprint density at radius 1 is 1.35 bits per heavy atom. The van der Waals surface area contributed by atoms with Crippen LogP contribution in [0.1, 0.15) is 24.0 Å². The maximum atomic E-state index is 12.0. The van der Waals surface area contributed by atoms with Crippen LogP contribution in [0.25, 0.3) is 17.1 Å². The molecule has 0 saturated carbocycles. The van der Waals surface area contributed by atoms with Crippen LogP contribution in [0.4, 0.5) is 5.95 Å². The summed E-state index contributed by atoms with van der Waals surface area (Å²) in [6.07, 6.45) is 10.6. The van der Waals surface area contributed by atoms with Crippen LogP contribution in [0.3, 0.4) is 0 Å². The van der Waals surface area contributed by atoms with E-state index in [1.54, 1.807) is 0 Å². The molecule has 1 unspecified atom stereocenters. The van der Waals surface area contributed by atoms with Gasteiger partial charge in [0.2, 0.25) is 0 Å². The molecule has 3 N–H and O–H groups in total.